The summed E-state index contributed by atoms with van der Waals surface area (Å²) in [5.74, 6) is 0. The van der Waals surface area contributed by atoms with Crippen molar-refractivity contribution in [3.8, 4) is 0 Å². The number of hydrogen-bond acceptors (Lipinski definition) is 2. The van der Waals surface area contributed by atoms with Crippen LogP contribution in [0.3, 0.4) is 0 Å². The summed E-state index contributed by atoms with van der Waals surface area (Å²) in [6, 6.07) is 0.586. The van der Waals surface area contributed by atoms with E-state index in [-0.39, 0.29) is 0 Å². The number of hydrogen-bond donors (Lipinski definition) is 1. The summed E-state index contributed by atoms with van der Waals surface area (Å²) in [5.41, 5.74) is 3.12. The highest BCUT2D eigenvalue weighted by Crippen LogP contribution is 2.30. The molecule has 0 amide bonds. The minimum Gasteiger partial charge on any atom is -0.378 e. The van der Waals surface area contributed by atoms with Gasteiger partial charge in [-0.25, -0.2) is 0 Å². The summed E-state index contributed by atoms with van der Waals surface area (Å²) >= 11 is 0. The van der Waals surface area contributed by atoms with Gasteiger partial charge in [0.05, 0.1) is 6.10 Å². The van der Waals surface area contributed by atoms with Crippen LogP contribution in [-0.4, -0.2) is 23.8 Å². The van der Waals surface area contributed by atoms with Gasteiger partial charge in [0.15, 0.2) is 0 Å². The molecule has 0 aromatic carbocycles. The molecule has 2 atom stereocenters. The fourth-order valence-corrected chi connectivity index (χ4v) is 3.71. The van der Waals surface area contributed by atoms with E-state index in [0.29, 0.717) is 12.1 Å². The zero-order chi connectivity index (χ0) is 13.8. The number of nitrogens with zero attached hydrogens (tertiary/aromatic N) is 1. The van der Waals surface area contributed by atoms with E-state index in [1.807, 2.05) is 0 Å². The first-order valence-electron chi connectivity index (χ1n) is 8.40. The fourth-order valence-electron chi connectivity index (χ4n) is 3.71. The molecule has 3 nitrogen and oxygen atoms in total. The third-order valence-electron chi connectivity index (χ3n) is 4.73. The summed E-state index contributed by atoms with van der Waals surface area (Å²) in [6.45, 7) is 5.39. The minimum absolute atomic E-state index is 0.537. The van der Waals surface area contributed by atoms with Crippen molar-refractivity contribution in [3.05, 3.63) is 23.5 Å². The van der Waals surface area contributed by atoms with Crippen molar-refractivity contribution in [2.75, 3.05) is 13.2 Å². The van der Waals surface area contributed by atoms with E-state index in [4.69, 9.17) is 4.74 Å². The Balaban J connectivity index is 1.55. The van der Waals surface area contributed by atoms with Gasteiger partial charge in [-0.15, -0.1) is 0 Å². The number of aryl methyl sites for hydroxylation is 2. The van der Waals surface area contributed by atoms with Crippen LogP contribution in [0.15, 0.2) is 12.4 Å². The van der Waals surface area contributed by atoms with E-state index in [0.717, 1.165) is 19.7 Å². The second kappa shape index (κ2) is 6.77. The number of rotatable bonds is 6. The zero-order valence-corrected chi connectivity index (χ0v) is 12.7. The average Bonchev–Trinajstić information content (AvgIpc) is 3.08. The van der Waals surface area contributed by atoms with Gasteiger partial charge in [0.25, 0.3) is 0 Å². The SMILES string of the molecule is CCNC1CCCc2cn(CCCC3CCCO3)cc21. The molecule has 1 aromatic rings. The lowest BCUT2D eigenvalue weighted by molar-refractivity contribution is 0.101. The molecule has 2 unspecified atom stereocenters. The quantitative estimate of drug-likeness (QED) is 0.861. The first kappa shape index (κ1) is 14.2. The van der Waals surface area contributed by atoms with E-state index >= 15 is 0 Å². The Morgan fingerprint density at radius 1 is 1.30 bits per heavy atom. The third-order valence-corrected chi connectivity index (χ3v) is 4.73. The lowest BCUT2D eigenvalue weighted by atomic mass is 9.91. The second-order valence-corrected chi connectivity index (χ2v) is 6.26. The normalized spacial score (nSPS) is 25.9. The molecule has 3 rings (SSSR count). The van der Waals surface area contributed by atoms with Crippen molar-refractivity contribution in [1.82, 2.24) is 9.88 Å². The van der Waals surface area contributed by atoms with Crippen LogP contribution in [0.1, 0.15) is 62.6 Å². The summed E-state index contributed by atoms with van der Waals surface area (Å²) in [6.07, 6.45) is 14.2. The molecule has 1 saturated heterocycles. The number of aromatic nitrogens is 1. The van der Waals surface area contributed by atoms with Crippen molar-refractivity contribution < 1.29 is 4.74 Å². The Bertz CT molecular complexity index is 421. The van der Waals surface area contributed by atoms with Gasteiger partial charge >= 0.3 is 0 Å². The van der Waals surface area contributed by atoms with Crippen molar-refractivity contribution in [2.45, 2.75) is 70.6 Å². The van der Waals surface area contributed by atoms with Crippen molar-refractivity contribution >= 4 is 0 Å². The van der Waals surface area contributed by atoms with Gasteiger partial charge < -0.3 is 14.6 Å². The van der Waals surface area contributed by atoms with Crippen LogP contribution in [0, 0.1) is 0 Å². The van der Waals surface area contributed by atoms with Gasteiger partial charge in [-0.3, -0.25) is 0 Å². The van der Waals surface area contributed by atoms with E-state index in [1.54, 1.807) is 11.1 Å². The number of fused-ring (bicyclic) bond motifs is 1. The monoisotopic (exact) mass is 276 g/mol. The highest BCUT2D eigenvalue weighted by atomic mass is 16.5. The van der Waals surface area contributed by atoms with Crippen LogP contribution < -0.4 is 5.32 Å². The maximum absolute atomic E-state index is 5.70. The standard InChI is InChI=1S/C17H28N2O/c1-2-18-17-9-3-6-14-12-19(13-16(14)17)10-4-7-15-8-5-11-20-15/h12-13,15,17-18H,2-11H2,1H3. The zero-order valence-electron chi connectivity index (χ0n) is 12.7. The summed E-state index contributed by atoms with van der Waals surface area (Å²) < 4.78 is 8.11. The molecule has 1 aromatic heterocycles. The molecule has 1 fully saturated rings. The summed E-state index contributed by atoms with van der Waals surface area (Å²) in [5, 5.41) is 3.62. The second-order valence-electron chi connectivity index (χ2n) is 6.26. The van der Waals surface area contributed by atoms with Gasteiger partial charge in [0.1, 0.15) is 0 Å². The molecule has 2 heterocycles. The van der Waals surface area contributed by atoms with Crippen LogP contribution in [0.5, 0.6) is 0 Å². The van der Waals surface area contributed by atoms with Crippen molar-refractivity contribution in [2.24, 2.45) is 0 Å². The predicted molar refractivity (Wildman–Crippen MR) is 82.0 cm³/mol. The van der Waals surface area contributed by atoms with E-state index < -0.39 is 0 Å². The molecule has 1 aliphatic heterocycles. The highest BCUT2D eigenvalue weighted by molar-refractivity contribution is 5.30. The maximum Gasteiger partial charge on any atom is 0.0576 e. The van der Waals surface area contributed by atoms with Crippen LogP contribution in [0.25, 0.3) is 0 Å². The Labute approximate surface area is 122 Å². The van der Waals surface area contributed by atoms with E-state index in [1.165, 1.54) is 44.9 Å². The molecule has 2 aliphatic rings. The van der Waals surface area contributed by atoms with Gasteiger partial charge in [-0.05, 0) is 62.6 Å². The fraction of sp³-hybridized carbons (Fsp3) is 0.765. The molecule has 1 N–H and O–H groups in total. The largest absolute Gasteiger partial charge is 0.378 e. The third kappa shape index (κ3) is 3.26. The molecule has 20 heavy (non-hydrogen) atoms. The predicted octanol–water partition coefficient (Wildman–Crippen LogP) is 3.43. The molecular formula is C17H28N2O. The van der Waals surface area contributed by atoms with Gasteiger partial charge in [0.2, 0.25) is 0 Å². The van der Waals surface area contributed by atoms with Crippen molar-refractivity contribution in [1.29, 1.82) is 0 Å². The van der Waals surface area contributed by atoms with E-state index in [2.05, 4.69) is 29.2 Å². The molecule has 1 aliphatic carbocycles. The van der Waals surface area contributed by atoms with E-state index in [9.17, 15) is 0 Å². The Kier molecular flexibility index (Phi) is 4.79. The number of nitrogens with one attached hydrogen (secondary N) is 1. The number of ether oxygens (including phenoxy) is 1. The Hall–Kier alpha value is -0.800. The molecular weight excluding hydrogens is 248 g/mol. The lowest BCUT2D eigenvalue weighted by Gasteiger charge is -2.22. The summed E-state index contributed by atoms with van der Waals surface area (Å²) in [7, 11) is 0. The first-order valence-corrected chi connectivity index (χ1v) is 8.40. The van der Waals surface area contributed by atoms with Crippen LogP contribution in [0.2, 0.25) is 0 Å². The van der Waals surface area contributed by atoms with Crippen LogP contribution in [0.4, 0.5) is 0 Å². The average molecular weight is 276 g/mol. The minimum atomic E-state index is 0.537. The topological polar surface area (TPSA) is 26.2 Å². The molecule has 0 saturated carbocycles. The lowest BCUT2D eigenvalue weighted by Crippen LogP contribution is -2.23. The highest BCUT2D eigenvalue weighted by Gasteiger charge is 2.21. The van der Waals surface area contributed by atoms with Crippen molar-refractivity contribution in [3.63, 3.8) is 0 Å². The maximum atomic E-state index is 5.70. The van der Waals surface area contributed by atoms with Gasteiger partial charge in [-0.2, -0.15) is 0 Å². The molecule has 3 heteroatoms. The smallest absolute Gasteiger partial charge is 0.0576 e. The molecule has 0 bridgehead atoms. The summed E-state index contributed by atoms with van der Waals surface area (Å²) in [4.78, 5) is 0. The van der Waals surface area contributed by atoms with Gasteiger partial charge in [-0.1, -0.05) is 6.92 Å². The van der Waals surface area contributed by atoms with Gasteiger partial charge in [0, 0.05) is 31.6 Å². The molecule has 112 valence electrons. The molecule has 0 spiro atoms. The van der Waals surface area contributed by atoms with Crippen LogP contribution in [-0.2, 0) is 17.7 Å². The van der Waals surface area contributed by atoms with Crippen LogP contribution >= 0.6 is 0 Å². The Morgan fingerprint density at radius 2 is 2.25 bits per heavy atom. The first-order chi connectivity index (χ1) is 9.86. The Morgan fingerprint density at radius 3 is 3.05 bits per heavy atom. The molecule has 0 radical (unpaired) electrons.